The first-order valence-electron chi connectivity index (χ1n) is 7.42. The van der Waals surface area contributed by atoms with Gasteiger partial charge in [0.1, 0.15) is 6.04 Å². The number of carboxylic acids is 1. The number of nitrogens with one attached hydrogen (secondary N) is 1. The predicted octanol–water partition coefficient (Wildman–Crippen LogP) is 1.34. The van der Waals surface area contributed by atoms with Crippen molar-refractivity contribution in [3.05, 3.63) is 29.8 Å². The number of carbonyl (C=O) groups is 3. The first-order valence-corrected chi connectivity index (χ1v) is 7.42. The molecule has 1 heterocycles. The first kappa shape index (κ1) is 16.0. The lowest BCUT2D eigenvalue weighted by Gasteiger charge is -2.16. The van der Waals surface area contributed by atoms with Crippen LogP contribution in [-0.4, -0.2) is 35.5 Å². The fourth-order valence-corrected chi connectivity index (χ4v) is 2.48. The third-order valence-electron chi connectivity index (χ3n) is 3.73. The van der Waals surface area contributed by atoms with Crippen LogP contribution in [0.5, 0.6) is 0 Å². The zero-order chi connectivity index (χ0) is 16.1. The summed E-state index contributed by atoms with van der Waals surface area (Å²) in [5, 5.41) is 11.4. The highest BCUT2D eigenvalue weighted by Crippen LogP contribution is 2.21. The molecule has 0 aromatic heterocycles. The van der Waals surface area contributed by atoms with Crippen molar-refractivity contribution < 1.29 is 19.5 Å². The zero-order valence-corrected chi connectivity index (χ0v) is 12.5. The number of carboxylic acid groups (broad SMARTS) is 1. The second-order valence-electron chi connectivity index (χ2n) is 5.36. The molecule has 2 rings (SSSR count). The Bertz CT molecular complexity index is 568. The summed E-state index contributed by atoms with van der Waals surface area (Å²) in [4.78, 5) is 36.1. The van der Waals surface area contributed by atoms with Crippen LogP contribution in [-0.2, 0) is 20.8 Å². The molecule has 0 spiro atoms. The second-order valence-corrected chi connectivity index (χ2v) is 5.36. The van der Waals surface area contributed by atoms with Gasteiger partial charge in [-0.1, -0.05) is 19.1 Å². The predicted molar refractivity (Wildman–Crippen MR) is 81.6 cm³/mol. The molecule has 1 aromatic rings. The summed E-state index contributed by atoms with van der Waals surface area (Å²) in [5.41, 5.74) is 1.62. The van der Waals surface area contributed by atoms with Gasteiger partial charge in [0.15, 0.2) is 0 Å². The summed E-state index contributed by atoms with van der Waals surface area (Å²) in [5.74, 6) is -1.23. The summed E-state index contributed by atoms with van der Waals surface area (Å²) < 4.78 is 0. The van der Waals surface area contributed by atoms with Gasteiger partial charge >= 0.3 is 5.97 Å². The van der Waals surface area contributed by atoms with E-state index in [9.17, 15) is 14.4 Å². The van der Waals surface area contributed by atoms with Crippen molar-refractivity contribution in [1.29, 1.82) is 0 Å². The van der Waals surface area contributed by atoms with E-state index in [2.05, 4.69) is 5.32 Å². The van der Waals surface area contributed by atoms with Crippen LogP contribution in [0.25, 0.3) is 0 Å². The maximum absolute atomic E-state index is 11.8. The molecule has 2 N–H and O–H groups in total. The van der Waals surface area contributed by atoms with E-state index in [0.717, 1.165) is 24.2 Å². The van der Waals surface area contributed by atoms with Gasteiger partial charge in [0.25, 0.3) is 0 Å². The Kier molecular flexibility index (Phi) is 5.14. The van der Waals surface area contributed by atoms with Crippen molar-refractivity contribution in [2.24, 2.45) is 0 Å². The van der Waals surface area contributed by atoms with Gasteiger partial charge in [0.2, 0.25) is 11.8 Å². The molecule has 6 nitrogen and oxygen atoms in total. The van der Waals surface area contributed by atoms with Crippen LogP contribution in [0.2, 0.25) is 0 Å². The Labute approximate surface area is 129 Å². The molecule has 1 atom stereocenters. The number of hydrogen-bond donors (Lipinski definition) is 2. The smallest absolute Gasteiger partial charge is 0.326 e. The summed E-state index contributed by atoms with van der Waals surface area (Å²) in [6.07, 6.45) is 1.92. The molecule has 1 fully saturated rings. The van der Waals surface area contributed by atoms with Crippen LogP contribution in [0.1, 0.15) is 31.7 Å². The second kappa shape index (κ2) is 7.06. The molecular formula is C16H20N2O4. The van der Waals surface area contributed by atoms with Crippen molar-refractivity contribution in [2.75, 3.05) is 11.4 Å². The number of benzene rings is 1. The normalized spacial score (nSPS) is 15.7. The maximum Gasteiger partial charge on any atom is 0.326 e. The van der Waals surface area contributed by atoms with E-state index in [0.29, 0.717) is 12.8 Å². The highest BCUT2D eigenvalue weighted by Gasteiger charge is 2.21. The number of anilines is 1. The van der Waals surface area contributed by atoms with Crippen molar-refractivity contribution in [3.63, 3.8) is 0 Å². The molecule has 0 bridgehead atoms. The van der Waals surface area contributed by atoms with Crippen LogP contribution in [0.15, 0.2) is 24.3 Å². The van der Waals surface area contributed by atoms with Crippen LogP contribution in [0, 0.1) is 0 Å². The lowest BCUT2D eigenvalue weighted by Crippen LogP contribution is -2.40. The average Bonchev–Trinajstić information content (AvgIpc) is 2.91. The van der Waals surface area contributed by atoms with Crippen molar-refractivity contribution in [1.82, 2.24) is 5.32 Å². The van der Waals surface area contributed by atoms with E-state index in [-0.39, 0.29) is 18.2 Å². The molecule has 0 aliphatic carbocycles. The lowest BCUT2D eigenvalue weighted by atomic mass is 10.1. The van der Waals surface area contributed by atoms with E-state index in [1.54, 1.807) is 24.0 Å². The standard InChI is InChI=1S/C16H20N2O4/c1-2-13(16(21)22)17-14(19)10-11-5-7-12(8-6-11)18-9-3-4-15(18)20/h5-8,13H,2-4,9-10H2,1H3,(H,17,19)(H,21,22)/t13-/m1/s1. The van der Waals surface area contributed by atoms with Crippen LogP contribution in [0.3, 0.4) is 0 Å². The molecule has 0 unspecified atom stereocenters. The van der Waals surface area contributed by atoms with Crippen LogP contribution < -0.4 is 10.2 Å². The summed E-state index contributed by atoms with van der Waals surface area (Å²) >= 11 is 0. The zero-order valence-electron chi connectivity index (χ0n) is 12.5. The van der Waals surface area contributed by atoms with Gasteiger partial charge in [-0.05, 0) is 30.5 Å². The van der Waals surface area contributed by atoms with E-state index in [1.807, 2.05) is 12.1 Å². The third kappa shape index (κ3) is 3.84. The van der Waals surface area contributed by atoms with Gasteiger partial charge in [-0.3, -0.25) is 9.59 Å². The molecule has 1 saturated heterocycles. The minimum absolute atomic E-state index is 0.123. The maximum atomic E-state index is 11.8. The molecule has 1 aliphatic heterocycles. The molecular weight excluding hydrogens is 284 g/mol. The minimum Gasteiger partial charge on any atom is -0.480 e. The molecule has 1 aliphatic rings. The Balaban J connectivity index is 1.95. The molecule has 118 valence electrons. The third-order valence-corrected chi connectivity index (χ3v) is 3.73. The molecule has 1 aromatic carbocycles. The van der Waals surface area contributed by atoms with Crippen LogP contribution >= 0.6 is 0 Å². The number of rotatable bonds is 6. The van der Waals surface area contributed by atoms with Gasteiger partial charge in [0, 0.05) is 18.7 Å². The van der Waals surface area contributed by atoms with E-state index < -0.39 is 12.0 Å². The highest BCUT2D eigenvalue weighted by molar-refractivity contribution is 5.95. The number of carbonyl (C=O) groups excluding carboxylic acids is 2. The number of nitrogens with zero attached hydrogens (tertiary/aromatic N) is 1. The average molecular weight is 304 g/mol. The van der Waals surface area contributed by atoms with Crippen molar-refractivity contribution in [2.45, 2.75) is 38.6 Å². The molecule has 6 heteroatoms. The number of amides is 2. The number of aliphatic carboxylic acids is 1. The van der Waals surface area contributed by atoms with E-state index >= 15 is 0 Å². The Morgan fingerprint density at radius 2 is 2.00 bits per heavy atom. The molecule has 0 radical (unpaired) electrons. The summed E-state index contributed by atoms with van der Waals surface area (Å²) in [6, 6.07) is 6.37. The lowest BCUT2D eigenvalue weighted by molar-refractivity contribution is -0.141. The first-order chi connectivity index (χ1) is 10.5. The molecule has 2 amide bonds. The van der Waals surface area contributed by atoms with Gasteiger partial charge in [0.05, 0.1) is 6.42 Å². The van der Waals surface area contributed by atoms with Crippen molar-refractivity contribution in [3.8, 4) is 0 Å². The summed E-state index contributed by atoms with van der Waals surface area (Å²) in [6.45, 7) is 2.44. The summed E-state index contributed by atoms with van der Waals surface area (Å²) in [7, 11) is 0. The van der Waals surface area contributed by atoms with Crippen molar-refractivity contribution >= 4 is 23.5 Å². The van der Waals surface area contributed by atoms with Gasteiger partial charge in [-0.2, -0.15) is 0 Å². The van der Waals surface area contributed by atoms with E-state index in [4.69, 9.17) is 5.11 Å². The fraction of sp³-hybridized carbons (Fsp3) is 0.438. The van der Waals surface area contributed by atoms with Gasteiger partial charge in [-0.15, -0.1) is 0 Å². The fourth-order valence-electron chi connectivity index (χ4n) is 2.48. The SMILES string of the molecule is CC[C@@H](NC(=O)Cc1ccc(N2CCCC2=O)cc1)C(=O)O. The Morgan fingerprint density at radius 3 is 2.50 bits per heavy atom. The Morgan fingerprint density at radius 1 is 1.32 bits per heavy atom. The van der Waals surface area contributed by atoms with Gasteiger partial charge in [-0.25, -0.2) is 4.79 Å². The van der Waals surface area contributed by atoms with E-state index in [1.165, 1.54) is 0 Å². The quantitative estimate of drug-likeness (QED) is 0.830. The largest absolute Gasteiger partial charge is 0.480 e. The van der Waals surface area contributed by atoms with Gasteiger partial charge < -0.3 is 15.3 Å². The van der Waals surface area contributed by atoms with Crippen LogP contribution in [0.4, 0.5) is 5.69 Å². The number of hydrogen-bond acceptors (Lipinski definition) is 3. The Hall–Kier alpha value is -2.37. The minimum atomic E-state index is -1.03. The monoisotopic (exact) mass is 304 g/mol. The highest BCUT2D eigenvalue weighted by atomic mass is 16.4. The topological polar surface area (TPSA) is 86.7 Å². The molecule has 22 heavy (non-hydrogen) atoms. The molecule has 0 saturated carbocycles.